The van der Waals surface area contributed by atoms with E-state index in [1.807, 2.05) is 0 Å². The zero-order chi connectivity index (χ0) is 16.4. The van der Waals surface area contributed by atoms with Crippen LogP contribution in [0.4, 0.5) is 18.0 Å². The first kappa shape index (κ1) is 17.6. The molecule has 0 spiro atoms. The van der Waals surface area contributed by atoms with Crippen LogP contribution in [0.1, 0.15) is 40.5 Å². The molecule has 2 atom stereocenters. The molecule has 8 heteroatoms. The fraction of sp³-hybridized carbons (Fsp3) is 0.846. The monoisotopic (exact) mass is 311 g/mol. The van der Waals surface area contributed by atoms with Crippen LogP contribution in [0.5, 0.6) is 0 Å². The number of carbonyl (C=O) groups is 2. The molecular weight excluding hydrogens is 291 g/mol. The number of carbonyl (C=O) groups excluding carboxylic acids is 2. The molecule has 1 amide bonds. The lowest BCUT2D eigenvalue weighted by Gasteiger charge is -2.32. The van der Waals surface area contributed by atoms with Gasteiger partial charge in [0.1, 0.15) is 17.7 Å². The summed E-state index contributed by atoms with van der Waals surface area (Å²) in [5, 5.41) is 0. The Hall–Kier alpha value is -1.47. The Morgan fingerprint density at radius 3 is 2.19 bits per heavy atom. The van der Waals surface area contributed by atoms with Gasteiger partial charge in [0.05, 0.1) is 6.61 Å². The number of likely N-dealkylation sites (tertiary alicyclic amines) is 1. The van der Waals surface area contributed by atoms with Crippen LogP contribution in [0.3, 0.4) is 0 Å². The molecule has 1 fully saturated rings. The molecule has 0 bridgehead atoms. The lowest BCUT2D eigenvalue weighted by molar-refractivity contribution is -0.179. The van der Waals surface area contributed by atoms with E-state index < -0.39 is 35.9 Å². The minimum absolute atomic E-state index is 0.0359. The second kappa shape index (κ2) is 6.11. The highest BCUT2D eigenvalue weighted by atomic mass is 19.4. The smallest absolute Gasteiger partial charge is 0.411 e. The molecule has 1 aliphatic rings. The Balaban J connectivity index is 3.01. The molecule has 0 aromatic rings. The third kappa shape index (κ3) is 4.50. The van der Waals surface area contributed by atoms with Gasteiger partial charge in [-0.05, 0) is 40.5 Å². The summed E-state index contributed by atoms with van der Waals surface area (Å²) in [6, 6.07) is -3.28. The van der Waals surface area contributed by atoms with Gasteiger partial charge in [-0.3, -0.25) is 4.90 Å². The molecule has 2 unspecified atom stereocenters. The van der Waals surface area contributed by atoms with Gasteiger partial charge < -0.3 is 9.47 Å². The number of hydrogen-bond donors (Lipinski definition) is 0. The van der Waals surface area contributed by atoms with Crippen LogP contribution in [0.25, 0.3) is 0 Å². The quantitative estimate of drug-likeness (QED) is 0.736. The van der Waals surface area contributed by atoms with Crippen molar-refractivity contribution in [2.45, 2.75) is 64.4 Å². The summed E-state index contributed by atoms with van der Waals surface area (Å²) in [6.45, 7) is 6.22. The van der Waals surface area contributed by atoms with E-state index in [1.54, 1.807) is 27.7 Å². The minimum Gasteiger partial charge on any atom is -0.464 e. The van der Waals surface area contributed by atoms with Gasteiger partial charge in [-0.15, -0.1) is 0 Å². The second-order valence-corrected chi connectivity index (χ2v) is 5.79. The summed E-state index contributed by atoms with van der Waals surface area (Å²) in [6.07, 6.45) is -6.20. The number of amides is 1. The Morgan fingerprint density at radius 2 is 1.76 bits per heavy atom. The van der Waals surface area contributed by atoms with Gasteiger partial charge in [-0.25, -0.2) is 9.59 Å². The average Bonchev–Trinajstić information content (AvgIpc) is 2.70. The van der Waals surface area contributed by atoms with Crippen molar-refractivity contribution >= 4 is 12.1 Å². The number of esters is 1. The van der Waals surface area contributed by atoms with Gasteiger partial charge in [-0.2, -0.15) is 13.2 Å². The fourth-order valence-corrected chi connectivity index (χ4v) is 2.17. The van der Waals surface area contributed by atoms with Crippen molar-refractivity contribution in [3.8, 4) is 0 Å². The van der Waals surface area contributed by atoms with Crippen molar-refractivity contribution in [2.24, 2.45) is 0 Å². The van der Waals surface area contributed by atoms with Gasteiger partial charge in [0.15, 0.2) is 0 Å². The Kier molecular flexibility index (Phi) is 5.11. The van der Waals surface area contributed by atoms with Gasteiger partial charge >= 0.3 is 18.2 Å². The molecule has 122 valence electrons. The van der Waals surface area contributed by atoms with Crippen LogP contribution in [0.2, 0.25) is 0 Å². The molecule has 0 aromatic heterocycles. The van der Waals surface area contributed by atoms with E-state index in [4.69, 9.17) is 9.47 Å². The highest BCUT2D eigenvalue weighted by Crippen LogP contribution is 2.37. The van der Waals surface area contributed by atoms with Crippen LogP contribution in [0.15, 0.2) is 0 Å². The fourth-order valence-electron chi connectivity index (χ4n) is 2.17. The maximum atomic E-state index is 13.0. The van der Waals surface area contributed by atoms with E-state index in [2.05, 4.69) is 0 Å². The molecular formula is C13H20F3NO4. The second-order valence-electron chi connectivity index (χ2n) is 5.79. The van der Waals surface area contributed by atoms with E-state index in [0.29, 0.717) is 4.90 Å². The Morgan fingerprint density at radius 1 is 1.19 bits per heavy atom. The summed E-state index contributed by atoms with van der Waals surface area (Å²) in [5.41, 5.74) is -0.949. The van der Waals surface area contributed by atoms with Gasteiger partial charge in [-0.1, -0.05) is 0 Å². The van der Waals surface area contributed by atoms with Crippen LogP contribution < -0.4 is 0 Å². The summed E-state index contributed by atoms with van der Waals surface area (Å²) in [4.78, 5) is 24.3. The van der Waals surface area contributed by atoms with Crippen molar-refractivity contribution in [1.29, 1.82) is 0 Å². The van der Waals surface area contributed by atoms with E-state index in [1.165, 1.54) is 0 Å². The molecule has 1 heterocycles. The van der Waals surface area contributed by atoms with Crippen molar-refractivity contribution in [3.05, 3.63) is 0 Å². The number of hydrogen-bond acceptors (Lipinski definition) is 4. The maximum absolute atomic E-state index is 13.0. The number of nitrogens with zero attached hydrogens (tertiary/aromatic N) is 1. The van der Waals surface area contributed by atoms with Crippen LogP contribution in [-0.4, -0.2) is 47.4 Å². The van der Waals surface area contributed by atoms with E-state index >= 15 is 0 Å². The lowest BCUT2D eigenvalue weighted by Crippen LogP contribution is -2.52. The third-order valence-corrected chi connectivity index (χ3v) is 2.93. The largest absolute Gasteiger partial charge is 0.464 e. The molecule has 1 saturated heterocycles. The molecule has 0 N–H and O–H groups in total. The molecule has 21 heavy (non-hydrogen) atoms. The van der Waals surface area contributed by atoms with Crippen LogP contribution in [-0.2, 0) is 14.3 Å². The maximum Gasteiger partial charge on any atom is 0.411 e. The number of rotatable bonds is 2. The standard InChI is InChI=1S/C13H20F3NO4/c1-5-20-10(18)8-6-7-9(13(14,15)16)17(8)11(19)21-12(2,3)4/h8-9H,5-7H2,1-4H3. The van der Waals surface area contributed by atoms with E-state index in [9.17, 15) is 22.8 Å². The minimum atomic E-state index is -4.61. The molecule has 1 aliphatic heterocycles. The summed E-state index contributed by atoms with van der Waals surface area (Å²) in [5.74, 6) is -0.838. The normalized spacial score (nSPS) is 23.1. The van der Waals surface area contributed by atoms with Gasteiger partial charge in [0.25, 0.3) is 0 Å². The zero-order valence-corrected chi connectivity index (χ0v) is 12.5. The number of ether oxygens (including phenoxy) is 2. The number of halogens is 3. The highest BCUT2D eigenvalue weighted by molar-refractivity contribution is 5.82. The van der Waals surface area contributed by atoms with Gasteiger partial charge in [0, 0.05) is 0 Å². The summed E-state index contributed by atoms with van der Waals surface area (Å²) in [7, 11) is 0. The first-order valence-corrected chi connectivity index (χ1v) is 6.72. The van der Waals surface area contributed by atoms with E-state index in [-0.39, 0.29) is 19.4 Å². The topological polar surface area (TPSA) is 55.8 Å². The van der Waals surface area contributed by atoms with Crippen molar-refractivity contribution in [1.82, 2.24) is 4.90 Å². The highest BCUT2D eigenvalue weighted by Gasteiger charge is 2.54. The third-order valence-electron chi connectivity index (χ3n) is 2.93. The van der Waals surface area contributed by atoms with Crippen molar-refractivity contribution in [2.75, 3.05) is 6.61 Å². The first-order chi connectivity index (χ1) is 9.47. The van der Waals surface area contributed by atoms with Crippen molar-refractivity contribution < 1.29 is 32.2 Å². The predicted molar refractivity (Wildman–Crippen MR) is 67.6 cm³/mol. The molecule has 0 aromatic carbocycles. The molecule has 0 saturated carbocycles. The Labute approximate surface area is 121 Å². The average molecular weight is 311 g/mol. The first-order valence-electron chi connectivity index (χ1n) is 6.72. The Bertz CT molecular complexity index is 403. The zero-order valence-electron chi connectivity index (χ0n) is 12.5. The molecule has 1 rings (SSSR count). The number of alkyl halides is 3. The van der Waals surface area contributed by atoms with Gasteiger partial charge in [0.2, 0.25) is 0 Å². The van der Waals surface area contributed by atoms with Crippen LogP contribution in [0, 0.1) is 0 Å². The lowest BCUT2D eigenvalue weighted by atomic mass is 10.2. The van der Waals surface area contributed by atoms with E-state index in [0.717, 1.165) is 0 Å². The molecule has 0 radical (unpaired) electrons. The van der Waals surface area contributed by atoms with Crippen molar-refractivity contribution in [3.63, 3.8) is 0 Å². The predicted octanol–water partition coefficient (Wildman–Crippen LogP) is 2.88. The SMILES string of the molecule is CCOC(=O)C1CCC(C(F)(F)F)N1C(=O)OC(C)(C)C. The molecule has 5 nitrogen and oxygen atoms in total. The summed E-state index contributed by atoms with van der Waals surface area (Å²) < 4.78 is 48.8. The summed E-state index contributed by atoms with van der Waals surface area (Å²) >= 11 is 0. The van der Waals surface area contributed by atoms with Crippen LogP contribution >= 0.6 is 0 Å². The molecule has 0 aliphatic carbocycles.